The molecule has 0 spiro atoms. The van der Waals surface area contributed by atoms with Crippen molar-refractivity contribution in [1.82, 2.24) is 5.32 Å². The molecular weight excluding hydrogens is 182 g/mol. The summed E-state index contributed by atoms with van der Waals surface area (Å²) in [5, 5.41) is 11.3. The van der Waals surface area contributed by atoms with Crippen LogP contribution in [0.25, 0.3) is 0 Å². The summed E-state index contributed by atoms with van der Waals surface area (Å²) in [6.07, 6.45) is 1.13. The Kier molecular flexibility index (Phi) is 3.75. The molecular formula is C6H11NO4S. The van der Waals surface area contributed by atoms with Gasteiger partial charge in [0.05, 0.1) is 0 Å². The maximum absolute atomic E-state index is 10.6. The summed E-state index contributed by atoms with van der Waals surface area (Å²) in [5.41, 5.74) is 0. The van der Waals surface area contributed by atoms with Crippen LogP contribution in [-0.2, 0) is 9.84 Å². The topological polar surface area (TPSA) is 83.5 Å². The van der Waals surface area contributed by atoms with Gasteiger partial charge in [-0.25, -0.2) is 13.2 Å². The Morgan fingerprint density at radius 2 is 2.08 bits per heavy atom. The lowest BCUT2D eigenvalue weighted by molar-refractivity contribution is 0.193. The van der Waals surface area contributed by atoms with Gasteiger partial charge in [0, 0.05) is 17.7 Å². The second-order valence-corrected chi connectivity index (χ2v) is 4.33. The molecule has 0 saturated heterocycles. The van der Waals surface area contributed by atoms with Crippen LogP contribution in [-0.4, -0.2) is 31.9 Å². The van der Waals surface area contributed by atoms with Crippen molar-refractivity contribution in [1.29, 1.82) is 0 Å². The van der Waals surface area contributed by atoms with Gasteiger partial charge in [-0.15, -0.1) is 0 Å². The van der Waals surface area contributed by atoms with Crippen molar-refractivity contribution >= 4 is 15.9 Å². The van der Waals surface area contributed by atoms with Crippen LogP contribution in [0.4, 0.5) is 4.79 Å². The molecule has 1 amide bonds. The van der Waals surface area contributed by atoms with Gasteiger partial charge in [-0.2, -0.15) is 0 Å². The molecule has 0 aromatic rings. The Balaban J connectivity index is 4.10. The van der Waals surface area contributed by atoms with E-state index in [9.17, 15) is 13.2 Å². The van der Waals surface area contributed by atoms with Crippen LogP contribution in [0, 0.1) is 0 Å². The Bertz CT molecular complexity index is 280. The molecule has 70 valence electrons. The van der Waals surface area contributed by atoms with Crippen molar-refractivity contribution in [2.45, 2.75) is 13.0 Å². The molecule has 0 fully saturated rings. The zero-order valence-corrected chi connectivity index (χ0v) is 7.63. The minimum absolute atomic E-state index is 0.503. The highest BCUT2D eigenvalue weighted by Crippen LogP contribution is 1.90. The molecule has 0 saturated carbocycles. The van der Waals surface area contributed by atoms with Crippen molar-refractivity contribution in [3.63, 3.8) is 0 Å². The molecule has 12 heavy (non-hydrogen) atoms. The maximum Gasteiger partial charge on any atom is 0.405 e. The fourth-order valence-corrected chi connectivity index (χ4v) is 1.02. The predicted molar refractivity (Wildman–Crippen MR) is 44.6 cm³/mol. The fraction of sp³-hybridized carbons (Fsp3) is 0.500. The Labute approximate surface area is 71.0 Å². The van der Waals surface area contributed by atoms with Gasteiger partial charge in [0.15, 0.2) is 9.84 Å². The first kappa shape index (κ1) is 11.0. The van der Waals surface area contributed by atoms with E-state index < -0.39 is 22.0 Å². The molecule has 0 aliphatic heterocycles. The van der Waals surface area contributed by atoms with Crippen LogP contribution in [0.15, 0.2) is 11.5 Å². The Hall–Kier alpha value is -1.04. The van der Waals surface area contributed by atoms with Gasteiger partial charge in [-0.3, -0.25) is 0 Å². The van der Waals surface area contributed by atoms with Gasteiger partial charge in [0.25, 0.3) is 0 Å². The lowest BCUT2D eigenvalue weighted by Gasteiger charge is -2.03. The quantitative estimate of drug-likeness (QED) is 0.670. The van der Waals surface area contributed by atoms with E-state index in [1.807, 2.05) is 0 Å². The fourth-order valence-electron chi connectivity index (χ4n) is 0.503. The van der Waals surface area contributed by atoms with Gasteiger partial charge in [-0.1, -0.05) is 6.08 Å². The molecule has 0 heterocycles. The molecule has 1 atom stereocenters. The summed E-state index contributed by atoms with van der Waals surface area (Å²) in [6, 6.07) is -0.503. The van der Waals surface area contributed by atoms with Gasteiger partial charge in [0.2, 0.25) is 0 Å². The normalized spacial score (nSPS) is 14.5. The number of sulfone groups is 1. The van der Waals surface area contributed by atoms with E-state index in [0.717, 1.165) is 11.7 Å². The SMILES string of the molecule is CC(/C=C\S(C)(=O)=O)NC(=O)O. The zero-order chi connectivity index (χ0) is 9.78. The lowest BCUT2D eigenvalue weighted by Crippen LogP contribution is -2.29. The van der Waals surface area contributed by atoms with Crippen LogP contribution in [0.3, 0.4) is 0 Å². The van der Waals surface area contributed by atoms with E-state index in [-0.39, 0.29) is 0 Å². The number of rotatable bonds is 3. The molecule has 6 heteroatoms. The zero-order valence-electron chi connectivity index (χ0n) is 6.81. The molecule has 1 unspecified atom stereocenters. The highest BCUT2D eigenvalue weighted by atomic mass is 32.2. The average molecular weight is 193 g/mol. The van der Waals surface area contributed by atoms with Crippen LogP contribution in [0.5, 0.6) is 0 Å². The molecule has 0 rings (SSSR count). The van der Waals surface area contributed by atoms with Gasteiger partial charge < -0.3 is 10.4 Å². The van der Waals surface area contributed by atoms with E-state index in [1.165, 1.54) is 13.0 Å². The number of nitrogens with one attached hydrogen (secondary N) is 1. The van der Waals surface area contributed by atoms with E-state index >= 15 is 0 Å². The first-order valence-electron chi connectivity index (χ1n) is 3.19. The van der Waals surface area contributed by atoms with Gasteiger partial charge >= 0.3 is 6.09 Å². The van der Waals surface area contributed by atoms with Crippen molar-refractivity contribution < 1.29 is 18.3 Å². The summed E-state index contributed by atoms with van der Waals surface area (Å²) in [5.74, 6) is 0. The molecule has 0 aromatic carbocycles. The number of hydrogen-bond donors (Lipinski definition) is 2. The summed E-state index contributed by atoms with van der Waals surface area (Å²) in [7, 11) is -3.17. The van der Waals surface area contributed by atoms with E-state index in [2.05, 4.69) is 5.32 Å². The smallest absolute Gasteiger partial charge is 0.405 e. The molecule has 0 bridgehead atoms. The highest BCUT2D eigenvalue weighted by Gasteiger charge is 2.01. The van der Waals surface area contributed by atoms with Gasteiger partial charge in [-0.05, 0) is 6.92 Å². The standard InChI is InChI=1S/C6H11NO4S/c1-5(7-6(8)9)3-4-12(2,10)11/h3-5,7H,1-2H3,(H,8,9)/b4-3-. The maximum atomic E-state index is 10.6. The van der Waals surface area contributed by atoms with Crippen molar-refractivity contribution in [3.05, 3.63) is 11.5 Å². The third-order valence-corrected chi connectivity index (χ3v) is 1.62. The third-order valence-electron chi connectivity index (χ3n) is 0.966. The number of carbonyl (C=O) groups is 1. The number of amides is 1. The monoisotopic (exact) mass is 193 g/mol. The molecule has 0 aliphatic rings. The molecule has 0 aliphatic carbocycles. The summed E-state index contributed by atoms with van der Waals surface area (Å²) < 4.78 is 21.1. The third kappa shape index (κ3) is 7.07. The Morgan fingerprint density at radius 1 is 1.58 bits per heavy atom. The van der Waals surface area contributed by atoms with E-state index in [1.54, 1.807) is 0 Å². The number of carboxylic acid groups (broad SMARTS) is 1. The predicted octanol–water partition coefficient (Wildman–Crippen LogP) is 0.201. The second kappa shape index (κ2) is 4.10. The minimum Gasteiger partial charge on any atom is -0.465 e. The molecule has 2 N–H and O–H groups in total. The van der Waals surface area contributed by atoms with Crippen molar-refractivity contribution in [2.75, 3.05) is 6.26 Å². The highest BCUT2D eigenvalue weighted by molar-refractivity contribution is 7.93. The molecule has 0 radical (unpaired) electrons. The number of hydrogen-bond acceptors (Lipinski definition) is 3. The minimum atomic E-state index is -3.17. The van der Waals surface area contributed by atoms with Crippen LogP contribution in [0.2, 0.25) is 0 Å². The largest absolute Gasteiger partial charge is 0.465 e. The van der Waals surface area contributed by atoms with Crippen molar-refractivity contribution in [2.24, 2.45) is 0 Å². The second-order valence-electron chi connectivity index (χ2n) is 2.40. The van der Waals surface area contributed by atoms with Gasteiger partial charge in [0.1, 0.15) is 0 Å². The average Bonchev–Trinajstić information content (AvgIpc) is 1.80. The Morgan fingerprint density at radius 3 is 2.42 bits per heavy atom. The molecule has 5 nitrogen and oxygen atoms in total. The van der Waals surface area contributed by atoms with E-state index in [4.69, 9.17) is 5.11 Å². The summed E-state index contributed by atoms with van der Waals surface area (Å²) in [4.78, 5) is 10.0. The van der Waals surface area contributed by atoms with Crippen LogP contribution < -0.4 is 5.32 Å². The van der Waals surface area contributed by atoms with E-state index in [0.29, 0.717) is 0 Å². The first-order chi connectivity index (χ1) is 5.31. The molecule has 0 aromatic heterocycles. The lowest BCUT2D eigenvalue weighted by atomic mass is 10.3. The summed E-state index contributed by atoms with van der Waals surface area (Å²) in [6.45, 7) is 1.54. The van der Waals surface area contributed by atoms with Crippen LogP contribution in [0.1, 0.15) is 6.92 Å². The van der Waals surface area contributed by atoms with Crippen molar-refractivity contribution in [3.8, 4) is 0 Å². The first-order valence-corrected chi connectivity index (χ1v) is 5.14. The van der Waals surface area contributed by atoms with Crippen LogP contribution >= 0.6 is 0 Å². The summed E-state index contributed by atoms with van der Waals surface area (Å²) >= 11 is 0.